The summed E-state index contributed by atoms with van der Waals surface area (Å²) in [5, 5.41) is 8.61. The molecule has 0 fully saturated rings. The van der Waals surface area contributed by atoms with Crippen molar-refractivity contribution in [2.24, 2.45) is 0 Å². The Morgan fingerprint density at radius 1 is 0.808 bits per heavy atom. The van der Waals surface area contributed by atoms with Crippen molar-refractivity contribution in [1.29, 1.82) is 0 Å². The van der Waals surface area contributed by atoms with Crippen molar-refractivity contribution in [3.8, 4) is 0 Å². The van der Waals surface area contributed by atoms with Gasteiger partial charge in [-0.1, -0.05) is 0 Å². The third kappa shape index (κ3) is 7.42. The van der Waals surface area contributed by atoms with Gasteiger partial charge in [0.2, 0.25) is 0 Å². The number of aryl methyl sites for hydroxylation is 4. The van der Waals surface area contributed by atoms with Crippen LogP contribution in [-0.4, -0.2) is 32.6 Å². The first-order chi connectivity index (χ1) is 11.9. The van der Waals surface area contributed by atoms with Crippen LogP contribution in [0.2, 0.25) is 0 Å². The summed E-state index contributed by atoms with van der Waals surface area (Å²) in [6.45, 7) is 12.8. The van der Waals surface area contributed by atoms with E-state index in [1.165, 1.54) is 0 Å². The number of aromatic nitrogens is 2. The molecule has 0 aliphatic heterocycles. The molecule has 0 saturated carbocycles. The smallest absolute Gasteiger partial charge is 0.338 e. The first-order valence-electron chi connectivity index (χ1n) is 8.24. The second-order valence-corrected chi connectivity index (χ2v) is 7.08. The van der Waals surface area contributed by atoms with Gasteiger partial charge in [0.05, 0.1) is 11.1 Å². The number of carbonyl (C=O) groups is 2. The molecule has 2 heterocycles. The van der Waals surface area contributed by atoms with E-state index >= 15 is 0 Å². The second kappa shape index (κ2) is 8.56. The molecule has 26 heavy (non-hydrogen) atoms. The van der Waals surface area contributed by atoms with E-state index < -0.39 is 11.6 Å². The first-order valence-corrected chi connectivity index (χ1v) is 8.24. The molecule has 140 valence electrons. The Morgan fingerprint density at radius 3 is 1.46 bits per heavy atom. The van der Waals surface area contributed by atoms with Crippen LogP contribution in [0.1, 0.15) is 64.3 Å². The molecule has 2 aromatic rings. The summed E-state index contributed by atoms with van der Waals surface area (Å²) in [6.07, 6.45) is 0. The lowest BCUT2D eigenvalue weighted by molar-refractivity contribution is 0.00689. The summed E-state index contributed by atoms with van der Waals surface area (Å²) >= 11 is 0. The number of pyridine rings is 2. The molecule has 0 amide bonds. The maximum Gasteiger partial charge on any atom is 0.338 e. The van der Waals surface area contributed by atoms with E-state index in [0.29, 0.717) is 11.1 Å². The van der Waals surface area contributed by atoms with Gasteiger partial charge in [-0.15, -0.1) is 0 Å². The van der Waals surface area contributed by atoms with Gasteiger partial charge in [-0.05, 0) is 72.7 Å². The van der Waals surface area contributed by atoms with Gasteiger partial charge in [0.1, 0.15) is 5.60 Å². The van der Waals surface area contributed by atoms with Crippen LogP contribution in [0.25, 0.3) is 0 Å². The van der Waals surface area contributed by atoms with Crippen molar-refractivity contribution in [2.45, 2.75) is 54.1 Å². The van der Waals surface area contributed by atoms with Gasteiger partial charge < -0.3 is 9.84 Å². The summed E-state index contributed by atoms with van der Waals surface area (Å²) in [7, 11) is 0. The molecule has 0 aliphatic carbocycles. The Hall–Kier alpha value is -2.76. The molecule has 0 saturated heterocycles. The number of ether oxygens (including phenoxy) is 1. The van der Waals surface area contributed by atoms with Crippen molar-refractivity contribution in [3.63, 3.8) is 0 Å². The zero-order valence-electron chi connectivity index (χ0n) is 16.4. The van der Waals surface area contributed by atoms with Crippen molar-refractivity contribution in [2.75, 3.05) is 0 Å². The average Bonchev–Trinajstić information content (AvgIpc) is 2.44. The molecular weight excluding hydrogens is 332 g/mol. The van der Waals surface area contributed by atoms with E-state index in [1.807, 2.05) is 34.6 Å². The summed E-state index contributed by atoms with van der Waals surface area (Å²) in [4.78, 5) is 30.5. The zero-order chi connectivity index (χ0) is 20.1. The number of carbonyl (C=O) groups excluding carboxylic acids is 1. The van der Waals surface area contributed by atoms with E-state index in [1.54, 1.807) is 38.1 Å². The van der Waals surface area contributed by atoms with Crippen LogP contribution >= 0.6 is 0 Å². The first kappa shape index (κ1) is 21.3. The largest absolute Gasteiger partial charge is 0.478 e. The number of hydrogen-bond donors (Lipinski definition) is 1. The Labute approximate surface area is 154 Å². The van der Waals surface area contributed by atoms with Crippen molar-refractivity contribution in [3.05, 3.63) is 58.2 Å². The third-order valence-corrected chi connectivity index (χ3v) is 3.04. The molecule has 6 nitrogen and oxygen atoms in total. The topological polar surface area (TPSA) is 89.4 Å². The zero-order valence-corrected chi connectivity index (χ0v) is 16.4. The molecule has 0 aromatic carbocycles. The van der Waals surface area contributed by atoms with Crippen LogP contribution in [-0.2, 0) is 4.74 Å². The molecule has 0 spiro atoms. The number of carboxylic acid groups (broad SMARTS) is 1. The van der Waals surface area contributed by atoms with Crippen LogP contribution < -0.4 is 0 Å². The molecule has 0 aliphatic rings. The van der Waals surface area contributed by atoms with Crippen LogP contribution in [0, 0.1) is 27.7 Å². The number of rotatable bonds is 2. The molecule has 2 aromatic heterocycles. The molecule has 0 bridgehead atoms. The maximum absolute atomic E-state index is 11.7. The molecule has 0 radical (unpaired) electrons. The standard InChI is InChI=1S/C12H17NO2.C8H9NO2/c1-8-6-10(7-9(2)13-8)11(14)15-12(3,4)5;1-5-3-7(8(10)11)4-6(2)9-5/h6-7H,1-5H3;3-4H,1-2H3,(H,10,11). The minimum atomic E-state index is -0.904. The highest BCUT2D eigenvalue weighted by Gasteiger charge is 2.18. The highest BCUT2D eigenvalue weighted by Crippen LogP contribution is 2.13. The third-order valence-electron chi connectivity index (χ3n) is 3.04. The van der Waals surface area contributed by atoms with Crippen molar-refractivity contribution >= 4 is 11.9 Å². The predicted octanol–water partition coefficient (Wildman–Crippen LogP) is 4.05. The van der Waals surface area contributed by atoms with Crippen LogP contribution in [0.3, 0.4) is 0 Å². The Balaban J connectivity index is 0.000000273. The summed E-state index contributed by atoms with van der Waals surface area (Å²) in [5.74, 6) is -1.20. The quantitative estimate of drug-likeness (QED) is 0.815. The number of nitrogens with zero attached hydrogens (tertiary/aromatic N) is 2. The lowest BCUT2D eigenvalue weighted by Gasteiger charge is -2.19. The summed E-state index contributed by atoms with van der Waals surface area (Å²) in [5.41, 5.74) is 3.55. The van der Waals surface area contributed by atoms with Crippen molar-refractivity contribution in [1.82, 2.24) is 9.97 Å². The molecule has 0 atom stereocenters. The fourth-order valence-corrected chi connectivity index (χ4v) is 2.25. The number of aromatic carboxylic acids is 1. The van der Waals surface area contributed by atoms with Gasteiger partial charge in [0.15, 0.2) is 0 Å². The van der Waals surface area contributed by atoms with E-state index in [9.17, 15) is 9.59 Å². The number of hydrogen-bond acceptors (Lipinski definition) is 5. The van der Waals surface area contributed by atoms with Crippen LogP contribution in [0.15, 0.2) is 24.3 Å². The lowest BCUT2D eigenvalue weighted by Crippen LogP contribution is -2.24. The maximum atomic E-state index is 11.7. The van der Waals surface area contributed by atoms with Gasteiger partial charge >= 0.3 is 11.9 Å². The van der Waals surface area contributed by atoms with Crippen LogP contribution in [0.4, 0.5) is 0 Å². The molecular formula is C20H26N2O4. The van der Waals surface area contributed by atoms with E-state index in [0.717, 1.165) is 22.8 Å². The minimum absolute atomic E-state index is 0.295. The SMILES string of the molecule is Cc1cc(C(=O)O)cc(C)n1.Cc1cc(C(=O)OC(C)(C)C)cc(C)n1. The average molecular weight is 358 g/mol. The van der Waals surface area contributed by atoms with Gasteiger partial charge in [-0.2, -0.15) is 0 Å². The highest BCUT2D eigenvalue weighted by atomic mass is 16.6. The summed E-state index contributed by atoms with van der Waals surface area (Å²) in [6, 6.07) is 6.58. The van der Waals surface area contributed by atoms with E-state index in [4.69, 9.17) is 9.84 Å². The number of carboxylic acids is 1. The highest BCUT2D eigenvalue weighted by molar-refractivity contribution is 5.90. The monoisotopic (exact) mass is 358 g/mol. The summed E-state index contributed by atoms with van der Waals surface area (Å²) < 4.78 is 5.27. The van der Waals surface area contributed by atoms with Gasteiger partial charge in [0.25, 0.3) is 0 Å². The molecule has 6 heteroatoms. The van der Waals surface area contributed by atoms with Crippen LogP contribution in [0.5, 0.6) is 0 Å². The Kier molecular flexibility index (Phi) is 7.01. The minimum Gasteiger partial charge on any atom is -0.478 e. The fraction of sp³-hybridized carbons (Fsp3) is 0.400. The van der Waals surface area contributed by atoms with Gasteiger partial charge in [0, 0.05) is 22.8 Å². The molecule has 1 N–H and O–H groups in total. The second-order valence-electron chi connectivity index (χ2n) is 7.08. The Bertz CT molecular complexity index is 767. The predicted molar refractivity (Wildman–Crippen MR) is 99.5 cm³/mol. The fourth-order valence-electron chi connectivity index (χ4n) is 2.25. The van der Waals surface area contributed by atoms with E-state index in [-0.39, 0.29) is 5.97 Å². The normalized spacial score (nSPS) is 10.6. The lowest BCUT2D eigenvalue weighted by atomic mass is 10.1. The van der Waals surface area contributed by atoms with Crippen molar-refractivity contribution < 1.29 is 19.4 Å². The van der Waals surface area contributed by atoms with Gasteiger partial charge in [-0.3, -0.25) is 9.97 Å². The number of esters is 1. The molecule has 0 unspecified atom stereocenters. The van der Waals surface area contributed by atoms with Gasteiger partial charge in [-0.25, -0.2) is 9.59 Å². The van der Waals surface area contributed by atoms with E-state index in [2.05, 4.69) is 9.97 Å². The molecule has 2 rings (SSSR count). The Morgan fingerprint density at radius 2 is 1.15 bits per heavy atom.